The van der Waals surface area contributed by atoms with Crippen LogP contribution in [0.25, 0.3) is 0 Å². The summed E-state index contributed by atoms with van der Waals surface area (Å²) in [5.74, 6) is -0.176. The molecule has 0 bridgehead atoms. The fraction of sp³-hybridized carbons (Fsp3) is 0.615. The molecule has 6 heteroatoms. The molecular formula is C13H21ClN2O3. The number of nitrogens with one attached hydrogen (secondary N) is 1. The average molecular weight is 289 g/mol. The molecule has 1 atom stereocenters. The van der Waals surface area contributed by atoms with Crippen molar-refractivity contribution in [3.8, 4) is 0 Å². The van der Waals surface area contributed by atoms with Crippen molar-refractivity contribution >= 4 is 17.5 Å². The van der Waals surface area contributed by atoms with Crippen molar-refractivity contribution in [3.05, 3.63) is 23.0 Å². The average Bonchev–Trinajstić information content (AvgIpc) is 2.71. The summed E-state index contributed by atoms with van der Waals surface area (Å²) in [7, 11) is 1.53. The zero-order valence-electron chi connectivity index (χ0n) is 11.4. The largest absolute Gasteiger partial charge is 0.391 e. The van der Waals surface area contributed by atoms with E-state index in [4.69, 9.17) is 16.3 Å². The fourth-order valence-electron chi connectivity index (χ4n) is 1.81. The molecule has 1 unspecified atom stereocenters. The topological polar surface area (TPSA) is 63.5 Å². The van der Waals surface area contributed by atoms with E-state index >= 15 is 0 Å². The van der Waals surface area contributed by atoms with Crippen LogP contribution in [0.5, 0.6) is 0 Å². The number of nitrogens with zero attached hydrogens (tertiary/aromatic N) is 1. The summed E-state index contributed by atoms with van der Waals surface area (Å²) >= 11 is 5.91. The molecule has 0 aliphatic heterocycles. The molecule has 108 valence electrons. The molecule has 1 heterocycles. The summed E-state index contributed by atoms with van der Waals surface area (Å²) < 4.78 is 6.65. The summed E-state index contributed by atoms with van der Waals surface area (Å²) in [6, 6.07) is 1.65. The molecule has 1 amide bonds. The summed E-state index contributed by atoms with van der Waals surface area (Å²) in [6.07, 6.45) is 2.58. The Morgan fingerprint density at radius 2 is 2.37 bits per heavy atom. The number of ether oxygens (including phenoxy) is 1. The van der Waals surface area contributed by atoms with Crippen LogP contribution in [0.1, 0.15) is 30.3 Å². The Labute approximate surface area is 118 Å². The van der Waals surface area contributed by atoms with Gasteiger partial charge in [0.05, 0.1) is 17.7 Å². The van der Waals surface area contributed by atoms with Crippen LogP contribution in [0.15, 0.2) is 12.3 Å². The molecule has 2 N–H and O–H groups in total. The van der Waals surface area contributed by atoms with E-state index in [1.165, 1.54) is 7.11 Å². The lowest BCUT2D eigenvalue weighted by Gasteiger charge is -2.11. The Balaban J connectivity index is 2.49. The first-order valence-corrected chi connectivity index (χ1v) is 6.77. The second-order valence-electron chi connectivity index (χ2n) is 4.39. The van der Waals surface area contributed by atoms with Gasteiger partial charge in [0.25, 0.3) is 5.91 Å². The molecule has 19 heavy (non-hydrogen) atoms. The van der Waals surface area contributed by atoms with Crippen LogP contribution in [0, 0.1) is 0 Å². The maximum absolute atomic E-state index is 12.0. The minimum Gasteiger partial charge on any atom is -0.391 e. The highest BCUT2D eigenvalue weighted by Gasteiger charge is 2.13. The standard InChI is InChI=1S/C13H21ClN2O3/c1-3-6-16-8-10(14)7-12(16)13(18)15-5-4-11(17)9-19-2/h7-8,11,17H,3-6,9H2,1-2H3,(H,15,18). The van der Waals surface area contributed by atoms with E-state index < -0.39 is 6.10 Å². The number of aryl methyl sites for hydroxylation is 1. The number of methoxy groups -OCH3 is 1. The number of hydrogen-bond acceptors (Lipinski definition) is 3. The SMILES string of the molecule is CCCn1cc(Cl)cc1C(=O)NCCC(O)COC. The molecule has 5 nitrogen and oxygen atoms in total. The predicted octanol–water partition coefficient (Wildman–Crippen LogP) is 1.68. The molecule has 0 saturated heterocycles. The summed E-state index contributed by atoms with van der Waals surface area (Å²) in [4.78, 5) is 12.0. The Hall–Kier alpha value is -1.04. The molecule has 0 aromatic carbocycles. The second kappa shape index (κ2) is 8.19. The van der Waals surface area contributed by atoms with Crippen molar-refractivity contribution in [2.45, 2.75) is 32.4 Å². The Bertz CT molecular complexity index is 407. The van der Waals surface area contributed by atoms with E-state index in [1.54, 1.807) is 12.3 Å². The van der Waals surface area contributed by atoms with Crippen LogP contribution in [0.3, 0.4) is 0 Å². The van der Waals surface area contributed by atoms with Crippen LogP contribution in [0.2, 0.25) is 5.02 Å². The number of hydrogen-bond donors (Lipinski definition) is 2. The van der Waals surface area contributed by atoms with E-state index in [1.807, 2.05) is 11.5 Å². The van der Waals surface area contributed by atoms with Gasteiger partial charge in [-0.05, 0) is 18.9 Å². The van der Waals surface area contributed by atoms with Gasteiger partial charge in [0, 0.05) is 26.4 Å². The minimum absolute atomic E-state index is 0.176. The highest BCUT2D eigenvalue weighted by atomic mass is 35.5. The minimum atomic E-state index is -0.559. The number of rotatable bonds is 8. The van der Waals surface area contributed by atoms with E-state index in [0.29, 0.717) is 23.7 Å². The number of carbonyl (C=O) groups is 1. The molecule has 1 aromatic rings. The van der Waals surface area contributed by atoms with Crippen LogP contribution in [-0.4, -0.2) is 41.9 Å². The third kappa shape index (κ3) is 5.22. The van der Waals surface area contributed by atoms with Gasteiger partial charge in [-0.25, -0.2) is 0 Å². The number of aliphatic hydroxyl groups is 1. The van der Waals surface area contributed by atoms with Gasteiger partial charge in [0.1, 0.15) is 5.69 Å². The number of aliphatic hydroxyl groups excluding tert-OH is 1. The Morgan fingerprint density at radius 3 is 3.00 bits per heavy atom. The normalized spacial score (nSPS) is 12.4. The lowest BCUT2D eigenvalue weighted by atomic mass is 10.2. The van der Waals surface area contributed by atoms with Gasteiger partial charge in [-0.2, -0.15) is 0 Å². The molecule has 0 radical (unpaired) electrons. The Morgan fingerprint density at radius 1 is 1.63 bits per heavy atom. The molecular weight excluding hydrogens is 268 g/mol. The molecule has 0 fully saturated rings. The predicted molar refractivity (Wildman–Crippen MR) is 74.6 cm³/mol. The maximum Gasteiger partial charge on any atom is 0.267 e. The fourth-order valence-corrected chi connectivity index (χ4v) is 2.03. The maximum atomic E-state index is 12.0. The summed E-state index contributed by atoms with van der Waals surface area (Å²) in [6.45, 7) is 3.46. The number of aromatic nitrogens is 1. The van der Waals surface area contributed by atoms with Crippen LogP contribution in [-0.2, 0) is 11.3 Å². The number of amides is 1. The van der Waals surface area contributed by atoms with Crippen LogP contribution < -0.4 is 5.32 Å². The van der Waals surface area contributed by atoms with E-state index in [-0.39, 0.29) is 12.5 Å². The molecule has 1 aromatic heterocycles. The molecule has 0 aliphatic carbocycles. The molecule has 0 saturated carbocycles. The second-order valence-corrected chi connectivity index (χ2v) is 4.83. The van der Waals surface area contributed by atoms with Gasteiger partial charge in [-0.3, -0.25) is 4.79 Å². The van der Waals surface area contributed by atoms with Gasteiger partial charge in [-0.15, -0.1) is 0 Å². The van der Waals surface area contributed by atoms with Gasteiger partial charge < -0.3 is 19.7 Å². The highest BCUT2D eigenvalue weighted by molar-refractivity contribution is 6.31. The van der Waals surface area contributed by atoms with Crippen LogP contribution in [0.4, 0.5) is 0 Å². The van der Waals surface area contributed by atoms with Crippen LogP contribution >= 0.6 is 11.6 Å². The Kier molecular flexibility index (Phi) is 6.91. The number of carbonyl (C=O) groups excluding carboxylic acids is 1. The first-order chi connectivity index (χ1) is 9.08. The quantitative estimate of drug-likeness (QED) is 0.765. The van der Waals surface area contributed by atoms with Crippen molar-refractivity contribution in [2.75, 3.05) is 20.3 Å². The number of halogens is 1. The summed E-state index contributed by atoms with van der Waals surface area (Å²) in [5.41, 5.74) is 0.549. The lowest BCUT2D eigenvalue weighted by Crippen LogP contribution is -2.30. The zero-order chi connectivity index (χ0) is 14.3. The highest BCUT2D eigenvalue weighted by Crippen LogP contribution is 2.14. The first-order valence-electron chi connectivity index (χ1n) is 6.39. The van der Waals surface area contributed by atoms with Gasteiger partial charge in [0.15, 0.2) is 0 Å². The molecule has 0 spiro atoms. The van der Waals surface area contributed by atoms with Crippen molar-refractivity contribution in [3.63, 3.8) is 0 Å². The third-order valence-electron chi connectivity index (χ3n) is 2.68. The third-order valence-corrected chi connectivity index (χ3v) is 2.89. The zero-order valence-corrected chi connectivity index (χ0v) is 12.1. The lowest BCUT2D eigenvalue weighted by molar-refractivity contribution is 0.0587. The van der Waals surface area contributed by atoms with E-state index in [2.05, 4.69) is 5.32 Å². The van der Waals surface area contributed by atoms with Crippen molar-refractivity contribution < 1.29 is 14.6 Å². The molecule has 0 aliphatic rings. The van der Waals surface area contributed by atoms with Crippen molar-refractivity contribution in [1.29, 1.82) is 0 Å². The van der Waals surface area contributed by atoms with Gasteiger partial charge in [0.2, 0.25) is 0 Å². The smallest absolute Gasteiger partial charge is 0.267 e. The van der Waals surface area contributed by atoms with E-state index in [0.717, 1.165) is 13.0 Å². The van der Waals surface area contributed by atoms with Gasteiger partial charge >= 0.3 is 0 Å². The first kappa shape index (κ1) is 16.0. The summed E-state index contributed by atoms with van der Waals surface area (Å²) in [5, 5.41) is 12.8. The van der Waals surface area contributed by atoms with Crippen molar-refractivity contribution in [2.24, 2.45) is 0 Å². The van der Waals surface area contributed by atoms with E-state index in [9.17, 15) is 9.90 Å². The molecule has 1 rings (SSSR count). The monoisotopic (exact) mass is 288 g/mol. The van der Waals surface area contributed by atoms with Gasteiger partial charge in [-0.1, -0.05) is 18.5 Å². The van der Waals surface area contributed by atoms with Crippen molar-refractivity contribution in [1.82, 2.24) is 9.88 Å².